The molecule has 0 aliphatic carbocycles. The van der Waals surface area contributed by atoms with E-state index in [1.54, 1.807) is 0 Å². The lowest BCUT2D eigenvalue weighted by Gasteiger charge is -2.25. The maximum Gasteiger partial charge on any atom is 0.311 e. The Morgan fingerprint density at radius 1 is 1.07 bits per heavy atom. The minimum Gasteiger partial charge on any atom is -0.463 e. The zero-order valence-corrected chi connectivity index (χ0v) is 18.4. The second-order valence-electron chi connectivity index (χ2n) is 8.24. The van der Waals surface area contributed by atoms with Gasteiger partial charge < -0.3 is 21.1 Å². The standard InChI is InChI=1S/C23H31N3O2S/c1-16(18-10-12-19(24)13-11-18)25-22(29)26-20(14-17-8-6-5-7-9-17)15-28-21(27)23(2,3)4/h5-13,16,20H,14-15,24H2,1-4H3,(H2,25,26,29)/t16-,20+/m0/s1. The molecule has 2 aromatic rings. The highest BCUT2D eigenvalue weighted by Gasteiger charge is 2.24. The van der Waals surface area contributed by atoms with Gasteiger partial charge in [-0.1, -0.05) is 42.5 Å². The summed E-state index contributed by atoms with van der Waals surface area (Å²) in [6, 6.07) is 17.6. The third kappa shape index (κ3) is 7.74. The van der Waals surface area contributed by atoms with Crippen molar-refractivity contribution in [2.24, 2.45) is 5.41 Å². The number of benzene rings is 2. The maximum atomic E-state index is 12.2. The minimum atomic E-state index is -0.542. The Morgan fingerprint density at radius 3 is 2.28 bits per heavy atom. The fraction of sp³-hybridized carbons (Fsp3) is 0.391. The van der Waals surface area contributed by atoms with Crippen molar-refractivity contribution in [1.29, 1.82) is 0 Å². The number of nitrogen functional groups attached to an aromatic ring is 1. The zero-order chi connectivity index (χ0) is 21.4. The van der Waals surface area contributed by atoms with Crippen LogP contribution in [0.1, 0.15) is 44.9 Å². The van der Waals surface area contributed by atoms with Crippen LogP contribution in [0.15, 0.2) is 54.6 Å². The molecule has 0 heterocycles. The van der Waals surface area contributed by atoms with Crippen molar-refractivity contribution in [1.82, 2.24) is 10.6 Å². The minimum absolute atomic E-state index is 0.0186. The monoisotopic (exact) mass is 413 g/mol. The van der Waals surface area contributed by atoms with Crippen molar-refractivity contribution in [2.75, 3.05) is 12.3 Å². The highest BCUT2D eigenvalue weighted by atomic mass is 32.1. The molecule has 156 valence electrons. The number of hydrogen-bond donors (Lipinski definition) is 3. The van der Waals surface area contributed by atoms with Gasteiger partial charge in [0.05, 0.1) is 17.5 Å². The summed E-state index contributed by atoms with van der Waals surface area (Å²) in [4.78, 5) is 12.2. The molecular weight excluding hydrogens is 382 g/mol. The van der Waals surface area contributed by atoms with Crippen molar-refractivity contribution < 1.29 is 9.53 Å². The van der Waals surface area contributed by atoms with E-state index in [4.69, 9.17) is 22.7 Å². The molecule has 0 aromatic heterocycles. The highest BCUT2D eigenvalue weighted by molar-refractivity contribution is 7.80. The van der Waals surface area contributed by atoms with Crippen LogP contribution in [0, 0.1) is 5.41 Å². The van der Waals surface area contributed by atoms with Crippen LogP contribution in [-0.4, -0.2) is 23.7 Å². The van der Waals surface area contributed by atoms with Crippen LogP contribution in [0.4, 0.5) is 5.69 Å². The average molecular weight is 414 g/mol. The van der Waals surface area contributed by atoms with Crippen molar-refractivity contribution in [2.45, 2.75) is 46.2 Å². The number of anilines is 1. The van der Waals surface area contributed by atoms with Gasteiger partial charge in [0.15, 0.2) is 5.11 Å². The van der Waals surface area contributed by atoms with Crippen molar-refractivity contribution in [3.8, 4) is 0 Å². The van der Waals surface area contributed by atoms with Crippen LogP contribution in [-0.2, 0) is 16.0 Å². The summed E-state index contributed by atoms with van der Waals surface area (Å²) in [5.74, 6) is -0.230. The number of hydrogen-bond acceptors (Lipinski definition) is 4. The van der Waals surface area contributed by atoms with E-state index in [1.165, 1.54) is 0 Å². The van der Waals surface area contributed by atoms with Gasteiger partial charge in [0, 0.05) is 5.69 Å². The Hall–Kier alpha value is -2.60. The lowest BCUT2D eigenvalue weighted by Crippen LogP contribution is -2.46. The van der Waals surface area contributed by atoms with E-state index < -0.39 is 5.41 Å². The Kier molecular flexibility index (Phi) is 8.02. The molecule has 0 unspecified atom stereocenters. The summed E-state index contributed by atoms with van der Waals surface area (Å²) >= 11 is 5.51. The summed E-state index contributed by atoms with van der Waals surface area (Å²) in [5, 5.41) is 7.11. The highest BCUT2D eigenvalue weighted by Crippen LogP contribution is 2.16. The van der Waals surface area contributed by atoms with Crippen LogP contribution in [0.5, 0.6) is 0 Å². The van der Waals surface area contributed by atoms with Crippen molar-refractivity contribution in [3.05, 3.63) is 65.7 Å². The van der Waals surface area contributed by atoms with Crippen molar-refractivity contribution >= 4 is 29.0 Å². The van der Waals surface area contributed by atoms with Crippen LogP contribution >= 0.6 is 12.2 Å². The first kappa shape index (κ1) is 22.7. The molecule has 0 saturated carbocycles. The Bertz CT molecular complexity index is 801. The molecule has 5 nitrogen and oxygen atoms in total. The Morgan fingerprint density at radius 2 is 1.69 bits per heavy atom. The van der Waals surface area contributed by atoms with Gasteiger partial charge in [-0.25, -0.2) is 0 Å². The molecular formula is C23H31N3O2S. The first-order valence-electron chi connectivity index (χ1n) is 9.79. The van der Waals surface area contributed by atoms with E-state index in [2.05, 4.69) is 10.6 Å². The fourth-order valence-corrected chi connectivity index (χ4v) is 3.08. The molecule has 0 spiro atoms. The first-order chi connectivity index (χ1) is 13.6. The predicted molar refractivity (Wildman–Crippen MR) is 122 cm³/mol. The Labute approximate surface area is 179 Å². The number of nitrogens with one attached hydrogen (secondary N) is 2. The molecule has 0 saturated heterocycles. The predicted octanol–water partition coefficient (Wildman–Crippen LogP) is 3.99. The summed E-state index contributed by atoms with van der Waals surface area (Å²) in [5.41, 5.74) is 8.17. The number of carbonyl (C=O) groups is 1. The lowest BCUT2D eigenvalue weighted by atomic mass is 9.97. The second kappa shape index (κ2) is 10.3. The number of carbonyl (C=O) groups excluding carboxylic acids is 1. The molecule has 0 aliphatic rings. The van der Waals surface area contributed by atoms with Gasteiger partial charge in [0.2, 0.25) is 0 Å². The molecule has 0 radical (unpaired) electrons. The molecule has 2 aromatic carbocycles. The molecule has 29 heavy (non-hydrogen) atoms. The number of rotatable bonds is 7. The van der Waals surface area contributed by atoms with Crippen molar-refractivity contribution in [3.63, 3.8) is 0 Å². The number of thiocarbonyl (C=S) groups is 1. The number of ether oxygens (including phenoxy) is 1. The third-order valence-corrected chi connectivity index (χ3v) is 4.71. The summed E-state index contributed by atoms with van der Waals surface area (Å²) in [7, 11) is 0. The first-order valence-corrected chi connectivity index (χ1v) is 10.2. The van der Waals surface area contributed by atoms with Gasteiger partial charge in [-0.3, -0.25) is 4.79 Å². The van der Waals surface area contributed by atoms with Gasteiger partial charge in [-0.15, -0.1) is 0 Å². The fourth-order valence-electron chi connectivity index (χ4n) is 2.73. The van der Waals surface area contributed by atoms with Crippen LogP contribution < -0.4 is 16.4 Å². The van der Waals surface area contributed by atoms with E-state index in [0.29, 0.717) is 11.5 Å². The maximum absolute atomic E-state index is 12.2. The van der Waals surface area contributed by atoms with Gasteiger partial charge in [-0.2, -0.15) is 0 Å². The summed E-state index contributed by atoms with van der Waals surface area (Å²) < 4.78 is 5.54. The van der Waals surface area contributed by atoms with Gasteiger partial charge in [0.25, 0.3) is 0 Å². The van der Waals surface area contributed by atoms with E-state index in [1.807, 2.05) is 82.3 Å². The van der Waals surface area contributed by atoms with Gasteiger partial charge >= 0.3 is 5.97 Å². The normalized spacial score (nSPS) is 13.2. The molecule has 6 heteroatoms. The van der Waals surface area contributed by atoms with Gasteiger partial charge in [0.1, 0.15) is 6.61 Å². The Balaban J connectivity index is 2.00. The summed E-state index contributed by atoms with van der Waals surface area (Å²) in [6.07, 6.45) is 0.691. The smallest absolute Gasteiger partial charge is 0.311 e. The van der Waals surface area contributed by atoms with Crippen LogP contribution in [0.25, 0.3) is 0 Å². The van der Waals surface area contributed by atoms with E-state index in [0.717, 1.165) is 16.8 Å². The second-order valence-corrected chi connectivity index (χ2v) is 8.65. The topological polar surface area (TPSA) is 76.4 Å². The molecule has 2 rings (SSSR count). The van der Waals surface area contributed by atoms with Gasteiger partial charge in [-0.05, 0) is 69.6 Å². The van der Waals surface area contributed by atoms with Crippen LogP contribution in [0.3, 0.4) is 0 Å². The quantitative estimate of drug-likeness (QED) is 0.362. The lowest BCUT2D eigenvalue weighted by molar-refractivity contribution is -0.153. The van der Waals surface area contributed by atoms with E-state index >= 15 is 0 Å². The largest absolute Gasteiger partial charge is 0.463 e. The molecule has 2 atom stereocenters. The van der Waals surface area contributed by atoms with Crippen LogP contribution in [0.2, 0.25) is 0 Å². The SMILES string of the molecule is C[C@H](NC(=S)N[C@@H](COC(=O)C(C)(C)C)Cc1ccccc1)c1ccc(N)cc1. The van der Waals surface area contributed by atoms with E-state index in [-0.39, 0.29) is 24.7 Å². The molecule has 0 amide bonds. The molecule has 0 bridgehead atoms. The number of esters is 1. The zero-order valence-electron chi connectivity index (χ0n) is 17.6. The van der Waals surface area contributed by atoms with E-state index in [9.17, 15) is 4.79 Å². The summed E-state index contributed by atoms with van der Waals surface area (Å²) in [6.45, 7) is 7.80. The molecule has 0 aliphatic heterocycles. The number of nitrogens with two attached hydrogens (primary N) is 1. The average Bonchev–Trinajstić information content (AvgIpc) is 2.66. The third-order valence-electron chi connectivity index (χ3n) is 4.47. The molecule has 4 N–H and O–H groups in total. The molecule has 0 fully saturated rings.